The van der Waals surface area contributed by atoms with Gasteiger partial charge in [0.05, 0.1) is 23.2 Å². The van der Waals surface area contributed by atoms with E-state index in [2.05, 4.69) is 0 Å². The lowest BCUT2D eigenvalue weighted by atomic mass is 9.85. The lowest BCUT2D eigenvalue weighted by Gasteiger charge is -2.20. The van der Waals surface area contributed by atoms with Gasteiger partial charge in [-0.15, -0.1) is 0 Å². The zero-order chi connectivity index (χ0) is 24.4. The van der Waals surface area contributed by atoms with Crippen molar-refractivity contribution in [1.82, 2.24) is 19.6 Å². The van der Waals surface area contributed by atoms with Crippen LogP contribution in [0, 0.1) is 11.8 Å². The highest BCUT2D eigenvalue weighted by Gasteiger charge is 2.46. The van der Waals surface area contributed by atoms with Crippen molar-refractivity contribution in [3.8, 4) is 16.9 Å². The summed E-state index contributed by atoms with van der Waals surface area (Å²) < 4.78 is 1.83. The van der Waals surface area contributed by atoms with E-state index in [1.54, 1.807) is 11.9 Å². The number of carbonyl (C=O) groups excluding carboxylic acids is 3. The van der Waals surface area contributed by atoms with E-state index in [1.165, 1.54) is 4.90 Å². The molecule has 0 N–H and O–H groups in total. The van der Waals surface area contributed by atoms with Crippen LogP contribution in [-0.4, -0.2) is 50.9 Å². The van der Waals surface area contributed by atoms with Crippen molar-refractivity contribution in [2.24, 2.45) is 11.8 Å². The van der Waals surface area contributed by atoms with Gasteiger partial charge in [-0.2, -0.15) is 5.10 Å². The number of allylic oxidation sites excluding steroid dienone is 2. The fraction of sp³-hybridized carbons (Fsp3) is 0.286. The number of carbonyl (C=O) groups is 3. The molecule has 2 aromatic carbocycles. The molecule has 0 saturated carbocycles. The van der Waals surface area contributed by atoms with Crippen LogP contribution in [0.2, 0.25) is 0 Å². The van der Waals surface area contributed by atoms with Gasteiger partial charge in [0.15, 0.2) is 0 Å². The Hall–Kier alpha value is -4.00. The van der Waals surface area contributed by atoms with Crippen molar-refractivity contribution >= 4 is 17.7 Å². The van der Waals surface area contributed by atoms with Gasteiger partial charge in [-0.3, -0.25) is 19.3 Å². The number of amides is 3. The van der Waals surface area contributed by atoms with E-state index in [1.807, 2.05) is 83.7 Å². The van der Waals surface area contributed by atoms with Gasteiger partial charge < -0.3 is 4.90 Å². The van der Waals surface area contributed by atoms with Crippen molar-refractivity contribution < 1.29 is 14.4 Å². The van der Waals surface area contributed by atoms with E-state index in [0.29, 0.717) is 19.4 Å². The predicted molar refractivity (Wildman–Crippen MR) is 132 cm³/mol. The number of hydrogen-bond donors (Lipinski definition) is 0. The molecule has 3 aromatic rings. The highest BCUT2D eigenvalue weighted by molar-refractivity contribution is 6.05. The summed E-state index contributed by atoms with van der Waals surface area (Å²) in [6, 6.07) is 19.7. The minimum Gasteiger partial charge on any atom is -0.341 e. The summed E-state index contributed by atoms with van der Waals surface area (Å²) in [4.78, 5) is 41.3. The molecule has 2 heterocycles. The van der Waals surface area contributed by atoms with Crippen molar-refractivity contribution in [2.75, 3.05) is 13.6 Å². The molecule has 0 bridgehead atoms. The topological polar surface area (TPSA) is 75.5 Å². The lowest BCUT2D eigenvalue weighted by molar-refractivity contribution is -0.140. The number of hydrogen-bond acceptors (Lipinski definition) is 4. The smallest absolute Gasteiger partial charge is 0.233 e. The molecule has 7 heteroatoms. The van der Waals surface area contributed by atoms with Crippen LogP contribution in [0.15, 0.2) is 79.0 Å². The maximum Gasteiger partial charge on any atom is 0.233 e. The summed E-state index contributed by atoms with van der Waals surface area (Å²) in [5.74, 6) is -0.939. The molecule has 1 aliphatic carbocycles. The van der Waals surface area contributed by atoms with Crippen LogP contribution in [-0.2, 0) is 20.9 Å². The largest absolute Gasteiger partial charge is 0.341 e. The molecule has 7 nitrogen and oxygen atoms in total. The zero-order valence-electron chi connectivity index (χ0n) is 19.7. The van der Waals surface area contributed by atoms with Crippen LogP contribution in [0.3, 0.4) is 0 Å². The standard InChI is InChI=1S/C28H28N4O3/c1-30(25(33)16-17-31-27(34)23-14-8-9-15-24(23)28(31)35)18-21-19-32(22-12-6-3-7-13-22)29-26(21)20-10-4-2-5-11-20/h2-13,19,23-24H,14-18H2,1H3/t23-,24-/m0/s1. The number of nitrogens with zero attached hydrogens (tertiary/aromatic N) is 4. The third kappa shape index (κ3) is 4.54. The fourth-order valence-electron chi connectivity index (χ4n) is 4.91. The van der Waals surface area contributed by atoms with E-state index in [9.17, 15) is 14.4 Å². The number of likely N-dealkylation sites (tertiary alicyclic amines) is 1. The van der Waals surface area contributed by atoms with Gasteiger partial charge in [0.2, 0.25) is 17.7 Å². The molecule has 0 spiro atoms. The average molecular weight is 469 g/mol. The molecule has 35 heavy (non-hydrogen) atoms. The Kier molecular flexibility index (Phi) is 6.31. The first-order chi connectivity index (χ1) is 17.0. The Labute approximate surface area is 204 Å². The number of aromatic nitrogens is 2. The van der Waals surface area contributed by atoms with Crippen molar-refractivity contribution in [3.05, 3.63) is 84.6 Å². The van der Waals surface area contributed by atoms with Crippen LogP contribution < -0.4 is 0 Å². The fourth-order valence-corrected chi connectivity index (χ4v) is 4.91. The molecular formula is C28H28N4O3. The second-order valence-corrected chi connectivity index (χ2v) is 9.13. The van der Waals surface area contributed by atoms with Gasteiger partial charge in [-0.1, -0.05) is 60.7 Å². The maximum absolute atomic E-state index is 13.0. The molecule has 2 aliphatic rings. The molecule has 1 saturated heterocycles. The van der Waals surface area contributed by atoms with Crippen LogP contribution in [0.25, 0.3) is 16.9 Å². The van der Waals surface area contributed by atoms with Gasteiger partial charge in [-0.25, -0.2) is 4.68 Å². The molecule has 1 fully saturated rings. The van der Waals surface area contributed by atoms with Gasteiger partial charge in [0, 0.05) is 43.9 Å². The summed E-state index contributed by atoms with van der Waals surface area (Å²) >= 11 is 0. The highest BCUT2D eigenvalue weighted by Crippen LogP contribution is 2.35. The monoisotopic (exact) mass is 468 g/mol. The van der Waals surface area contributed by atoms with E-state index in [0.717, 1.165) is 22.5 Å². The molecule has 2 atom stereocenters. The highest BCUT2D eigenvalue weighted by atomic mass is 16.2. The summed E-state index contributed by atoms with van der Waals surface area (Å²) in [7, 11) is 1.74. The van der Waals surface area contributed by atoms with Crippen molar-refractivity contribution in [2.45, 2.75) is 25.8 Å². The quantitative estimate of drug-likeness (QED) is 0.390. The van der Waals surface area contributed by atoms with Gasteiger partial charge in [0.25, 0.3) is 0 Å². The SMILES string of the molecule is CN(Cc1cn(-c2ccccc2)nc1-c1ccccc1)C(=O)CCN1C(=O)[C@H]2CC=CC[C@@H]2C1=O. The molecule has 0 radical (unpaired) electrons. The molecule has 178 valence electrons. The Morgan fingerprint density at radius 3 is 2.17 bits per heavy atom. The first-order valence-electron chi connectivity index (χ1n) is 12.0. The summed E-state index contributed by atoms with van der Waals surface area (Å²) in [5.41, 5.74) is 3.64. The van der Waals surface area contributed by atoms with E-state index in [4.69, 9.17) is 5.10 Å². The predicted octanol–water partition coefficient (Wildman–Crippen LogP) is 3.84. The normalized spacial score (nSPS) is 19.2. The van der Waals surface area contributed by atoms with Crippen LogP contribution in [0.4, 0.5) is 0 Å². The number of benzene rings is 2. The summed E-state index contributed by atoms with van der Waals surface area (Å²) in [6.07, 6.45) is 7.20. The van der Waals surface area contributed by atoms with Gasteiger partial charge in [0.1, 0.15) is 0 Å². The molecular weight excluding hydrogens is 440 g/mol. The summed E-state index contributed by atoms with van der Waals surface area (Å²) in [6.45, 7) is 0.496. The minimum atomic E-state index is -0.266. The Morgan fingerprint density at radius 2 is 1.54 bits per heavy atom. The number of para-hydroxylation sites is 1. The Morgan fingerprint density at radius 1 is 0.943 bits per heavy atom. The van der Waals surface area contributed by atoms with E-state index < -0.39 is 0 Å². The molecule has 5 rings (SSSR count). The minimum absolute atomic E-state index is 0.105. The van der Waals surface area contributed by atoms with E-state index in [-0.39, 0.29) is 42.5 Å². The first kappa shape index (κ1) is 22.8. The van der Waals surface area contributed by atoms with Crippen LogP contribution >= 0.6 is 0 Å². The summed E-state index contributed by atoms with van der Waals surface area (Å²) in [5, 5.41) is 4.81. The zero-order valence-corrected chi connectivity index (χ0v) is 19.7. The first-order valence-corrected chi connectivity index (χ1v) is 12.0. The number of fused-ring (bicyclic) bond motifs is 1. The average Bonchev–Trinajstić information content (AvgIpc) is 3.42. The van der Waals surface area contributed by atoms with Gasteiger partial charge in [-0.05, 0) is 25.0 Å². The van der Waals surface area contributed by atoms with Crippen molar-refractivity contribution in [3.63, 3.8) is 0 Å². The van der Waals surface area contributed by atoms with Gasteiger partial charge >= 0.3 is 0 Å². The number of imide groups is 1. The molecule has 0 unspecified atom stereocenters. The Balaban J connectivity index is 1.30. The molecule has 3 amide bonds. The lowest BCUT2D eigenvalue weighted by Crippen LogP contribution is -2.36. The Bertz CT molecular complexity index is 1240. The van der Waals surface area contributed by atoms with Crippen LogP contribution in [0.5, 0.6) is 0 Å². The maximum atomic E-state index is 13.0. The number of rotatable bonds is 7. The van der Waals surface area contributed by atoms with Crippen LogP contribution in [0.1, 0.15) is 24.8 Å². The third-order valence-electron chi connectivity index (χ3n) is 6.84. The van der Waals surface area contributed by atoms with Crippen molar-refractivity contribution in [1.29, 1.82) is 0 Å². The molecule has 1 aromatic heterocycles. The second-order valence-electron chi connectivity index (χ2n) is 9.13. The van der Waals surface area contributed by atoms with E-state index >= 15 is 0 Å². The molecule has 1 aliphatic heterocycles. The second kappa shape index (κ2) is 9.70. The third-order valence-corrected chi connectivity index (χ3v) is 6.84.